The van der Waals surface area contributed by atoms with Crippen molar-refractivity contribution in [1.29, 1.82) is 0 Å². The SMILES string of the molecule is CCC(C)NC(=O)C(C)N(Cc1cccc(C)c1)C(=O)COc1ccc(C(C)C)cc1. The number of hydrogen-bond donors (Lipinski definition) is 1. The maximum atomic E-state index is 13.1. The summed E-state index contributed by atoms with van der Waals surface area (Å²) in [6.45, 7) is 12.3. The van der Waals surface area contributed by atoms with E-state index in [4.69, 9.17) is 4.74 Å². The number of nitrogens with one attached hydrogen (secondary N) is 1. The summed E-state index contributed by atoms with van der Waals surface area (Å²) in [5.74, 6) is 0.702. The van der Waals surface area contributed by atoms with Gasteiger partial charge in [-0.1, -0.05) is 62.7 Å². The molecule has 0 fully saturated rings. The molecule has 5 nitrogen and oxygen atoms in total. The van der Waals surface area contributed by atoms with Gasteiger partial charge in [-0.25, -0.2) is 0 Å². The highest BCUT2D eigenvalue weighted by atomic mass is 16.5. The maximum Gasteiger partial charge on any atom is 0.261 e. The highest BCUT2D eigenvalue weighted by molar-refractivity contribution is 5.88. The zero-order chi connectivity index (χ0) is 23.0. The molecule has 2 rings (SSSR count). The second kappa shape index (κ2) is 11.5. The monoisotopic (exact) mass is 424 g/mol. The minimum Gasteiger partial charge on any atom is -0.484 e. The van der Waals surface area contributed by atoms with Gasteiger partial charge in [0.2, 0.25) is 5.91 Å². The van der Waals surface area contributed by atoms with Crippen molar-refractivity contribution in [2.75, 3.05) is 6.61 Å². The Hall–Kier alpha value is -2.82. The largest absolute Gasteiger partial charge is 0.484 e. The van der Waals surface area contributed by atoms with Gasteiger partial charge in [-0.15, -0.1) is 0 Å². The van der Waals surface area contributed by atoms with Crippen molar-refractivity contribution in [3.05, 3.63) is 65.2 Å². The highest BCUT2D eigenvalue weighted by Crippen LogP contribution is 2.19. The maximum absolute atomic E-state index is 13.1. The lowest BCUT2D eigenvalue weighted by Gasteiger charge is -2.29. The lowest BCUT2D eigenvalue weighted by molar-refractivity contribution is -0.142. The van der Waals surface area contributed by atoms with E-state index >= 15 is 0 Å². The molecule has 2 unspecified atom stereocenters. The van der Waals surface area contributed by atoms with E-state index in [1.54, 1.807) is 11.8 Å². The summed E-state index contributed by atoms with van der Waals surface area (Å²) < 4.78 is 5.75. The third kappa shape index (κ3) is 7.42. The Labute approximate surface area is 186 Å². The van der Waals surface area contributed by atoms with Crippen LogP contribution in [-0.2, 0) is 16.1 Å². The van der Waals surface area contributed by atoms with E-state index in [2.05, 4.69) is 19.2 Å². The minimum absolute atomic E-state index is 0.0570. The zero-order valence-corrected chi connectivity index (χ0v) is 19.6. The average Bonchev–Trinajstić information content (AvgIpc) is 2.75. The topological polar surface area (TPSA) is 58.6 Å². The van der Waals surface area contributed by atoms with Gasteiger partial charge in [0.05, 0.1) is 0 Å². The van der Waals surface area contributed by atoms with Crippen LogP contribution in [0.5, 0.6) is 5.75 Å². The first-order chi connectivity index (χ1) is 14.7. The Morgan fingerprint density at radius 2 is 1.71 bits per heavy atom. The molecule has 0 aliphatic rings. The number of nitrogens with zero attached hydrogens (tertiary/aromatic N) is 1. The molecule has 0 spiro atoms. The van der Waals surface area contributed by atoms with Crippen LogP contribution in [0.3, 0.4) is 0 Å². The summed E-state index contributed by atoms with van der Waals surface area (Å²) in [4.78, 5) is 27.4. The fraction of sp³-hybridized carbons (Fsp3) is 0.462. The molecule has 2 aromatic carbocycles. The van der Waals surface area contributed by atoms with Crippen LogP contribution in [0.2, 0.25) is 0 Å². The summed E-state index contributed by atoms with van der Waals surface area (Å²) in [5.41, 5.74) is 3.32. The van der Waals surface area contributed by atoms with Crippen LogP contribution in [0.1, 0.15) is 63.6 Å². The quantitative estimate of drug-likeness (QED) is 0.594. The summed E-state index contributed by atoms with van der Waals surface area (Å²) in [6, 6.07) is 15.2. The molecule has 31 heavy (non-hydrogen) atoms. The third-order valence-electron chi connectivity index (χ3n) is 5.51. The van der Waals surface area contributed by atoms with E-state index in [1.807, 2.05) is 69.3 Å². The van der Waals surface area contributed by atoms with Gasteiger partial charge in [0, 0.05) is 12.6 Å². The van der Waals surface area contributed by atoms with Crippen LogP contribution in [0.15, 0.2) is 48.5 Å². The van der Waals surface area contributed by atoms with Gasteiger partial charge in [0.15, 0.2) is 6.61 Å². The molecule has 2 amide bonds. The van der Waals surface area contributed by atoms with Gasteiger partial charge in [-0.3, -0.25) is 9.59 Å². The van der Waals surface area contributed by atoms with Gasteiger partial charge >= 0.3 is 0 Å². The second-order valence-corrected chi connectivity index (χ2v) is 8.52. The molecule has 0 aliphatic heterocycles. The fourth-order valence-corrected chi connectivity index (χ4v) is 3.23. The number of ether oxygens (including phenoxy) is 1. The first-order valence-corrected chi connectivity index (χ1v) is 11.1. The second-order valence-electron chi connectivity index (χ2n) is 8.52. The molecule has 0 aromatic heterocycles. The Morgan fingerprint density at radius 1 is 1.03 bits per heavy atom. The summed E-state index contributed by atoms with van der Waals surface area (Å²) >= 11 is 0. The lowest BCUT2D eigenvalue weighted by Crippen LogP contribution is -2.50. The highest BCUT2D eigenvalue weighted by Gasteiger charge is 2.27. The van der Waals surface area contributed by atoms with Gasteiger partial charge in [0.1, 0.15) is 11.8 Å². The van der Waals surface area contributed by atoms with Crippen molar-refractivity contribution in [3.63, 3.8) is 0 Å². The van der Waals surface area contributed by atoms with Gasteiger partial charge in [-0.05, 0) is 56.4 Å². The van der Waals surface area contributed by atoms with Crippen molar-refractivity contribution >= 4 is 11.8 Å². The van der Waals surface area contributed by atoms with Crippen molar-refractivity contribution in [1.82, 2.24) is 10.2 Å². The van der Waals surface area contributed by atoms with Crippen LogP contribution in [-0.4, -0.2) is 35.4 Å². The van der Waals surface area contributed by atoms with Crippen LogP contribution in [0.4, 0.5) is 0 Å². The molecule has 0 radical (unpaired) electrons. The van der Waals surface area contributed by atoms with E-state index in [-0.39, 0.29) is 24.5 Å². The molecule has 5 heteroatoms. The van der Waals surface area contributed by atoms with Gasteiger partial charge < -0.3 is 15.0 Å². The Bertz CT molecular complexity index is 861. The third-order valence-corrected chi connectivity index (χ3v) is 5.51. The van der Waals surface area contributed by atoms with Gasteiger partial charge in [-0.2, -0.15) is 0 Å². The molecule has 2 atom stereocenters. The van der Waals surface area contributed by atoms with E-state index in [1.165, 1.54) is 5.56 Å². The molecule has 0 heterocycles. The average molecular weight is 425 g/mol. The predicted molar refractivity (Wildman–Crippen MR) is 125 cm³/mol. The summed E-state index contributed by atoms with van der Waals surface area (Å²) in [7, 11) is 0. The van der Waals surface area contributed by atoms with Crippen molar-refractivity contribution < 1.29 is 14.3 Å². The number of aryl methyl sites for hydroxylation is 1. The molecule has 0 saturated heterocycles. The molecule has 0 bridgehead atoms. The van der Waals surface area contributed by atoms with Crippen LogP contribution in [0, 0.1) is 6.92 Å². The standard InChI is InChI=1S/C26H36N2O3/c1-7-20(5)27-26(30)21(6)28(16-22-10-8-9-19(4)15-22)25(29)17-31-24-13-11-23(12-14-24)18(2)3/h8-15,18,20-21H,7,16-17H2,1-6H3,(H,27,30). The van der Waals surface area contributed by atoms with Crippen molar-refractivity contribution in [3.8, 4) is 5.75 Å². The molecule has 0 aliphatic carbocycles. The first kappa shape index (κ1) is 24.4. The Morgan fingerprint density at radius 3 is 2.29 bits per heavy atom. The smallest absolute Gasteiger partial charge is 0.261 e. The van der Waals surface area contributed by atoms with E-state index in [9.17, 15) is 9.59 Å². The van der Waals surface area contributed by atoms with Crippen LogP contribution >= 0.6 is 0 Å². The van der Waals surface area contributed by atoms with E-state index in [0.717, 1.165) is 17.5 Å². The first-order valence-electron chi connectivity index (χ1n) is 11.1. The number of rotatable bonds is 10. The minimum atomic E-state index is -0.603. The van der Waals surface area contributed by atoms with Crippen molar-refractivity contribution in [2.45, 2.75) is 72.5 Å². The molecular weight excluding hydrogens is 388 g/mol. The summed E-state index contributed by atoms with van der Waals surface area (Å²) in [6.07, 6.45) is 0.833. The number of carbonyl (C=O) groups excluding carboxylic acids is 2. The molecule has 168 valence electrons. The van der Waals surface area contributed by atoms with Crippen molar-refractivity contribution in [2.24, 2.45) is 0 Å². The van der Waals surface area contributed by atoms with Crippen LogP contribution in [0.25, 0.3) is 0 Å². The number of carbonyl (C=O) groups is 2. The zero-order valence-electron chi connectivity index (χ0n) is 19.6. The molecule has 2 aromatic rings. The Balaban J connectivity index is 2.13. The molecule has 1 N–H and O–H groups in total. The Kier molecular flexibility index (Phi) is 9.10. The molecular formula is C26H36N2O3. The van der Waals surface area contributed by atoms with E-state index in [0.29, 0.717) is 18.2 Å². The van der Waals surface area contributed by atoms with E-state index < -0.39 is 6.04 Å². The van der Waals surface area contributed by atoms with Gasteiger partial charge in [0.25, 0.3) is 5.91 Å². The number of hydrogen-bond acceptors (Lipinski definition) is 3. The molecule has 0 saturated carbocycles. The van der Waals surface area contributed by atoms with Crippen LogP contribution < -0.4 is 10.1 Å². The number of amides is 2. The fourth-order valence-electron chi connectivity index (χ4n) is 3.23. The predicted octanol–water partition coefficient (Wildman–Crippen LogP) is 4.83. The normalized spacial score (nSPS) is 12.9. The lowest BCUT2D eigenvalue weighted by atomic mass is 10.0. The number of benzene rings is 2. The summed E-state index contributed by atoms with van der Waals surface area (Å²) in [5, 5.41) is 2.98.